The first-order valence-corrected chi connectivity index (χ1v) is 7.59. The van der Waals surface area contributed by atoms with Crippen LogP contribution < -0.4 is 10.1 Å². The summed E-state index contributed by atoms with van der Waals surface area (Å²) in [6, 6.07) is 13.0. The molecular formula is C18H17N3O4. The number of phenolic OH excluding ortho intramolecular Hbond substituents is 1. The summed E-state index contributed by atoms with van der Waals surface area (Å²) in [5.41, 5.74) is 0.0259. The van der Waals surface area contributed by atoms with Gasteiger partial charge in [0.2, 0.25) is 0 Å². The van der Waals surface area contributed by atoms with Gasteiger partial charge >= 0.3 is 6.03 Å². The van der Waals surface area contributed by atoms with Crippen LogP contribution in [0.3, 0.4) is 0 Å². The van der Waals surface area contributed by atoms with Crippen molar-refractivity contribution in [3.63, 3.8) is 0 Å². The van der Waals surface area contributed by atoms with Crippen LogP contribution in [0.15, 0.2) is 53.6 Å². The Morgan fingerprint density at radius 3 is 2.56 bits per heavy atom. The molecule has 0 saturated carbocycles. The highest BCUT2D eigenvalue weighted by Crippen LogP contribution is 2.29. The molecule has 2 aromatic rings. The van der Waals surface area contributed by atoms with Crippen molar-refractivity contribution in [2.24, 2.45) is 5.10 Å². The molecule has 0 unspecified atom stereocenters. The summed E-state index contributed by atoms with van der Waals surface area (Å²) >= 11 is 0. The number of carbonyl (C=O) groups is 2. The summed E-state index contributed by atoms with van der Waals surface area (Å²) in [6.45, 7) is 1.64. The van der Waals surface area contributed by atoms with Crippen LogP contribution >= 0.6 is 0 Å². The molecule has 1 saturated heterocycles. The molecule has 0 radical (unpaired) electrons. The van der Waals surface area contributed by atoms with Crippen LogP contribution in [0.5, 0.6) is 11.5 Å². The maximum atomic E-state index is 12.7. The van der Waals surface area contributed by atoms with Crippen LogP contribution in [-0.2, 0) is 10.3 Å². The monoisotopic (exact) mass is 339 g/mol. The molecule has 1 atom stereocenters. The Balaban J connectivity index is 1.85. The van der Waals surface area contributed by atoms with E-state index in [4.69, 9.17) is 4.74 Å². The van der Waals surface area contributed by atoms with Gasteiger partial charge < -0.3 is 15.2 Å². The Hall–Kier alpha value is -3.35. The van der Waals surface area contributed by atoms with Gasteiger partial charge in [0.05, 0.1) is 13.3 Å². The first-order chi connectivity index (χ1) is 12.0. The average Bonchev–Trinajstić information content (AvgIpc) is 2.84. The Labute approximate surface area is 144 Å². The molecule has 7 heteroatoms. The number of nitrogens with one attached hydrogen (secondary N) is 1. The number of ether oxygens (including phenoxy) is 1. The third kappa shape index (κ3) is 2.91. The van der Waals surface area contributed by atoms with E-state index in [1.54, 1.807) is 43.3 Å². The Kier molecular flexibility index (Phi) is 4.14. The number of hydrazone groups is 1. The van der Waals surface area contributed by atoms with Crippen LogP contribution in [0.2, 0.25) is 0 Å². The summed E-state index contributed by atoms with van der Waals surface area (Å²) in [5, 5.41) is 17.2. The van der Waals surface area contributed by atoms with Crippen molar-refractivity contribution >= 4 is 18.2 Å². The lowest BCUT2D eigenvalue weighted by atomic mass is 9.92. The van der Waals surface area contributed by atoms with E-state index in [1.807, 2.05) is 6.07 Å². The predicted octanol–water partition coefficient (Wildman–Crippen LogP) is 2.20. The minimum absolute atomic E-state index is 0.0576. The van der Waals surface area contributed by atoms with E-state index >= 15 is 0 Å². The lowest BCUT2D eigenvalue weighted by Crippen LogP contribution is -2.40. The van der Waals surface area contributed by atoms with Gasteiger partial charge in [-0.1, -0.05) is 30.3 Å². The van der Waals surface area contributed by atoms with Gasteiger partial charge in [0.15, 0.2) is 11.5 Å². The highest BCUT2D eigenvalue weighted by Gasteiger charge is 2.49. The van der Waals surface area contributed by atoms with Gasteiger partial charge in [-0.25, -0.2) is 4.79 Å². The molecule has 0 aliphatic carbocycles. The van der Waals surface area contributed by atoms with E-state index in [-0.39, 0.29) is 5.75 Å². The van der Waals surface area contributed by atoms with Crippen LogP contribution in [0, 0.1) is 0 Å². The van der Waals surface area contributed by atoms with Crippen molar-refractivity contribution in [1.29, 1.82) is 0 Å². The van der Waals surface area contributed by atoms with Crippen LogP contribution in [0.4, 0.5) is 4.79 Å². The molecule has 0 bridgehead atoms. The Morgan fingerprint density at radius 1 is 1.20 bits per heavy atom. The number of benzene rings is 2. The van der Waals surface area contributed by atoms with Gasteiger partial charge in [0.25, 0.3) is 5.91 Å². The number of rotatable bonds is 4. The molecule has 25 heavy (non-hydrogen) atoms. The average molecular weight is 339 g/mol. The smallest absolute Gasteiger partial charge is 0.346 e. The van der Waals surface area contributed by atoms with Crippen molar-refractivity contribution in [3.8, 4) is 11.5 Å². The number of carbonyl (C=O) groups excluding carboxylic acids is 2. The van der Waals surface area contributed by atoms with E-state index in [0.717, 1.165) is 5.01 Å². The molecule has 128 valence electrons. The van der Waals surface area contributed by atoms with Crippen molar-refractivity contribution in [2.75, 3.05) is 7.11 Å². The summed E-state index contributed by atoms with van der Waals surface area (Å²) in [4.78, 5) is 24.9. The number of aromatic hydroxyl groups is 1. The van der Waals surface area contributed by atoms with Gasteiger partial charge in [-0.05, 0) is 36.2 Å². The molecule has 1 aliphatic heterocycles. The molecular weight excluding hydrogens is 322 g/mol. The maximum Gasteiger partial charge on any atom is 0.346 e. The normalized spacial score (nSPS) is 20.2. The van der Waals surface area contributed by atoms with Crippen molar-refractivity contribution in [3.05, 3.63) is 59.7 Å². The lowest BCUT2D eigenvalue weighted by Gasteiger charge is -2.20. The molecule has 2 aromatic carbocycles. The molecule has 7 nitrogen and oxygen atoms in total. The summed E-state index contributed by atoms with van der Waals surface area (Å²) in [5.74, 6) is -0.209. The van der Waals surface area contributed by atoms with Gasteiger partial charge in [-0.3, -0.25) is 4.79 Å². The molecule has 0 spiro atoms. The van der Waals surface area contributed by atoms with Crippen LogP contribution in [0.1, 0.15) is 18.1 Å². The number of phenols is 1. The second-order valence-electron chi connectivity index (χ2n) is 5.71. The molecule has 3 rings (SSSR count). The SMILES string of the molecule is COc1ccc(/C=N\N2C(=O)N[C@@](C)(c3ccccc3)C2=O)cc1O. The topological polar surface area (TPSA) is 91.2 Å². The third-order valence-corrected chi connectivity index (χ3v) is 4.05. The number of hydrogen-bond donors (Lipinski definition) is 2. The number of nitrogens with zero attached hydrogens (tertiary/aromatic N) is 2. The van der Waals surface area contributed by atoms with E-state index in [9.17, 15) is 14.7 Å². The highest BCUT2D eigenvalue weighted by atomic mass is 16.5. The summed E-state index contributed by atoms with van der Waals surface area (Å²) < 4.78 is 4.97. The summed E-state index contributed by atoms with van der Waals surface area (Å²) in [6.07, 6.45) is 1.33. The minimum atomic E-state index is -1.17. The second-order valence-corrected chi connectivity index (χ2v) is 5.71. The molecule has 1 heterocycles. The Bertz CT molecular complexity index is 851. The Morgan fingerprint density at radius 2 is 1.92 bits per heavy atom. The van der Waals surface area contributed by atoms with Gasteiger partial charge in [-0.15, -0.1) is 5.01 Å². The first kappa shape index (κ1) is 16.5. The second kappa shape index (κ2) is 6.27. The fourth-order valence-electron chi connectivity index (χ4n) is 2.61. The van der Waals surface area contributed by atoms with Gasteiger partial charge in [0.1, 0.15) is 5.54 Å². The largest absolute Gasteiger partial charge is 0.504 e. The molecule has 3 amide bonds. The van der Waals surface area contributed by atoms with Crippen molar-refractivity contribution < 1.29 is 19.4 Å². The van der Waals surface area contributed by atoms with Crippen molar-refractivity contribution in [1.82, 2.24) is 10.3 Å². The third-order valence-electron chi connectivity index (χ3n) is 4.05. The number of methoxy groups -OCH3 is 1. The van der Waals surface area contributed by atoms with E-state index in [2.05, 4.69) is 10.4 Å². The number of amides is 3. The van der Waals surface area contributed by atoms with Crippen LogP contribution in [0.25, 0.3) is 0 Å². The quantitative estimate of drug-likeness (QED) is 0.660. The zero-order chi connectivity index (χ0) is 18.0. The molecule has 0 aromatic heterocycles. The maximum absolute atomic E-state index is 12.7. The fourth-order valence-corrected chi connectivity index (χ4v) is 2.61. The lowest BCUT2D eigenvalue weighted by molar-refractivity contribution is -0.131. The predicted molar refractivity (Wildman–Crippen MR) is 91.4 cm³/mol. The van der Waals surface area contributed by atoms with E-state index in [1.165, 1.54) is 19.4 Å². The minimum Gasteiger partial charge on any atom is -0.504 e. The highest BCUT2D eigenvalue weighted by molar-refractivity contribution is 6.07. The van der Waals surface area contributed by atoms with Gasteiger partial charge in [0, 0.05) is 0 Å². The number of urea groups is 1. The van der Waals surface area contributed by atoms with E-state index < -0.39 is 17.5 Å². The summed E-state index contributed by atoms with van der Waals surface area (Å²) in [7, 11) is 1.44. The zero-order valence-corrected chi connectivity index (χ0v) is 13.8. The first-order valence-electron chi connectivity index (χ1n) is 7.59. The fraction of sp³-hybridized carbons (Fsp3) is 0.167. The molecule has 1 aliphatic rings. The molecule has 1 fully saturated rings. The molecule has 2 N–H and O–H groups in total. The van der Waals surface area contributed by atoms with Gasteiger partial charge in [-0.2, -0.15) is 5.10 Å². The standard InChI is InChI=1S/C18H17N3O4/c1-18(13-6-4-3-5-7-13)16(23)21(17(24)20-18)19-11-12-8-9-15(25-2)14(22)10-12/h3-11,22H,1-2H3,(H,20,24)/b19-11-/t18-/m0/s1. The van der Waals surface area contributed by atoms with Crippen molar-refractivity contribution in [2.45, 2.75) is 12.5 Å². The van der Waals surface area contributed by atoms with Crippen LogP contribution in [-0.4, -0.2) is 35.4 Å². The number of hydrogen-bond acceptors (Lipinski definition) is 5. The zero-order valence-electron chi connectivity index (χ0n) is 13.8. The number of imide groups is 1. The van der Waals surface area contributed by atoms with E-state index in [0.29, 0.717) is 16.9 Å².